The zero-order valence-electron chi connectivity index (χ0n) is 11.4. The van der Waals surface area contributed by atoms with Crippen molar-refractivity contribution < 1.29 is 13.2 Å². The summed E-state index contributed by atoms with van der Waals surface area (Å²) in [7, 11) is 3.80. The highest BCUT2D eigenvalue weighted by molar-refractivity contribution is 5.61. The molecule has 5 heteroatoms. The van der Waals surface area contributed by atoms with Crippen LogP contribution in [0.3, 0.4) is 0 Å². The summed E-state index contributed by atoms with van der Waals surface area (Å²) >= 11 is 0. The van der Waals surface area contributed by atoms with E-state index in [2.05, 4.69) is 5.32 Å². The second-order valence-corrected chi connectivity index (χ2v) is 5.27. The van der Waals surface area contributed by atoms with E-state index >= 15 is 0 Å². The minimum atomic E-state index is -4.27. The third kappa shape index (κ3) is 2.86. The lowest BCUT2D eigenvalue weighted by Gasteiger charge is -2.17. The summed E-state index contributed by atoms with van der Waals surface area (Å²) < 4.78 is 38.3. The first-order valence-electron chi connectivity index (χ1n) is 6.42. The number of alkyl halides is 3. The molecule has 1 heterocycles. The highest BCUT2D eigenvalue weighted by Gasteiger charge is 2.34. The molecule has 0 bridgehead atoms. The predicted octanol–water partition coefficient (Wildman–Crippen LogP) is 3.24. The van der Waals surface area contributed by atoms with Crippen LogP contribution in [0.4, 0.5) is 18.9 Å². The Morgan fingerprint density at radius 2 is 2.11 bits per heavy atom. The summed E-state index contributed by atoms with van der Waals surface area (Å²) in [6, 6.07) is 4.35. The first kappa shape index (κ1) is 14.2. The van der Waals surface area contributed by atoms with Crippen molar-refractivity contribution in [3.63, 3.8) is 0 Å². The fourth-order valence-corrected chi connectivity index (χ4v) is 2.68. The van der Waals surface area contributed by atoms with E-state index in [0.717, 1.165) is 24.2 Å². The summed E-state index contributed by atoms with van der Waals surface area (Å²) in [5.41, 5.74) is 1.18. The molecule has 19 heavy (non-hydrogen) atoms. The van der Waals surface area contributed by atoms with Crippen molar-refractivity contribution >= 4 is 5.69 Å². The summed E-state index contributed by atoms with van der Waals surface area (Å²) in [4.78, 5) is 2.03. The van der Waals surface area contributed by atoms with E-state index in [9.17, 15) is 13.2 Å². The van der Waals surface area contributed by atoms with Crippen LogP contribution >= 0.6 is 0 Å². The van der Waals surface area contributed by atoms with Gasteiger partial charge in [0, 0.05) is 31.2 Å². The topological polar surface area (TPSA) is 15.3 Å². The highest BCUT2D eigenvalue weighted by atomic mass is 19.4. The van der Waals surface area contributed by atoms with Gasteiger partial charge in [-0.05, 0) is 44.2 Å². The lowest BCUT2D eigenvalue weighted by Crippen LogP contribution is -2.25. The molecular weight excluding hydrogens is 253 g/mol. The molecule has 2 nitrogen and oxygen atoms in total. The fraction of sp³-hybridized carbons (Fsp3) is 0.571. The van der Waals surface area contributed by atoms with Crippen LogP contribution in [0.1, 0.15) is 30.4 Å². The lowest BCUT2D eigenvalue weighted by molar-refractivity contribution is -0.137. The Morgan fingerprint density at radius 3 is 2.68 bits per heavy atom. The maximum absolute atomic E-state index is 12.8. The number of benzene rings is 1. The first-order chi connectivity index (χ1) is 8.82. The van der Waals surface area contributed by atoms with Crippen molar-refractivity contribution in [2.75, 3.05) is 25.5 Å². The molecule has 0 aromatic heterocycles. The number of likely N-dealkylation sites (N-methyl/N-ethyl adjacent to an activating group) is 1. The Labute approximate surface area is 111 Å². The first-order valence-corrected chi connectivity index (χ1v) is 6.42. The normalized spacial score (nSPS) is 20.5. The SMILES string of the molecule is CNC(C)CC1CN(C)c2ccc(C(F)(F)F)cc21. The van der Waals surface area contributed by atoms with Crippen molar-refractivity contribution in [3.8, 4) is 0 Å². The van der Waals surface area contributed by atoms with E-state index in [1.54, 1.807) is 6.07 Å². The maximum atomic E-state index is 12.8. The van der Waals surface area contributed by atoms with Crippen LogP contribution < -0.4 is 10.2 Å². The van der Waals surface area contributed by atoms with E-state index < -0.39 is 11.7 Å². The Morgan fingerprint density at radius 1 is 1.42 bits per heavy atom. The molecule has 2 unspecified atom stereocenters. The van der Waals surface area contributed by atoms with Gasteiger partial charge in [-0.25, -0.2) is 0 Å². The third-order valence-electron chi connectivity index (χ3n) is 3.83. The molecule has 106 valence electrons. The third-order valence-corrected chi connectivity index (χ3v) is 3.83. The average molecular weight is 272 g/mol. The zero-order valence-corrected chi connectivity index (χ0v) is 11.4. The van der Waals surface area contributed by atoms with Gasteiger partial charge < -0.3 is 10.2 Å². The molecular formula is C14H19F3N2. The number of nitrogens with one attached hydrogen (secondary N) is 1. The van der Waals surface area contributed by atoms with Gasteiger partial charge in [-0.3, -0.25) is 0 Å². The number of hydrogen-bond acceptors (Lipinski definition) is 2. The largest absolute Gasteiger partial charge is 0.416 e. The molecule has 0 amide bonds. The molecule has 1 aliphatic heterocycles. The lowest BCUT2D eigenvalue weighted by atomic mass is 9.93. The molecule has 1 N–H and O–H groups in total. The van der Waals surface area contributed by atoms with Crippen LogP contribution in [-0.4, -0.2) is 26.7 Å². The van der Waals surface area contributed by atoms with Crippen molar-refractivity contribution in [3.05, 3.63) is 29.3 Å². The number of fused-ring (bicyclic) bond motifs is 1. The summed E-state index contributed by atoms with van der Waals surface area (Å²) in [6.45, 7) is 2.83. The number of halogens is 3. The number of rotatable bonds is 3. The molecule has 0 aliphatic carbocycles. The summed E-state index contributed by atoms with van der Waals surface area (Å²) in [5, 5.41) is 3.14. The molecule has 0 fully saturated rings. The molecule has 1 aliphatic rings. The minimum absolute atomic E-state index is 0.157. The van der Waals surface area contributed by atoms with E-state index in [-0.39, 0.29) is 5.92 Å². The number of nitrogens with zero attached hydrogens (tertiary/aromatic N) is 1. The Balaban J connectivity index is 2.32. The van der Waals surface area contributed by atoms with Gasteiger partial charge >= 0.3 is 6.18 Å². The fourth-order valence-electron chi connectivity index (χ4n) is 2.68. The van der Waals surface area contributed by atoms with E-state index in [0.29, 0.717) is 6.04 Å². The van der Waals surface area contributed by atoms with Crippen LogP contribution in [0, 0.1) is 0 Å². The van der Waals surface area contributed by atoms with Gasteiger partial charge in [0.25, 0.3) is 0 Å². The van der Waals surface area contributed by atoms with Crippen LogP contribution in [-0.2, 0) is 6.18 Å². The smallest absolute Gasteiger partial charge is 0.374 e. The van der Waals surface area contributed by atoms with Crippen LogP contribution in [0.5, 0.6) is 0 Å². The Hall–Kier alpha value is -1.23. The molecule has 0 saturated heterocycles. The van der Waals surface area contributed by atoms with Crippen molar-refractivity contribution in [1.29, 1.82) is 0 Å². The van der Waals surface area contributed by atoms with Gasteiger partial charge in [0.1, 0.15) is 0 Å². The maximum Gasteiger partial charge on any atom is 0.416 e. The van der Waals surface area contributed by atoms with Crippen molar-refractivity contribution in [2.24, 2.45) is 0 Å². The van der Waals surface area contributed by atoms with Gasteiger partial charge in [-0.2, -0.15) is 13.2 Å². The summed E-state index contributed by atoms with van der Waals surface area (Å²) in [6.07, 6.45) is -3.43. The van der Waals surface area contributed by atoms with Crippen LogP contribution in [0.15, 0.2) is 18.2 Å². The molecule has 0 saturated carbocycles. The van der Waals surface area contributed by atoms with Crippen molar-refractivity contribution in [2.45, 2.75) is 31.5 Å². The molecule has 1 aromatic carbocycles. The molecule has 0 spiro atoms. The molecule has 0 radical (unpaired) electrons. The molecule has 1 aromatic rings. The van der Waals surface area contributed by atoms with E-state index in [1.165, 1.54) is 12.1 Å². The monoisotopic (exact) mass is 272 g/mol. The Kier molecular flexibility index (Phi) is 3.76. The van der Waals surface area contributed by atoms with Gasteiger partial charge in [-0.1, -0.05) is 0 Å². The second kappa shape index (κ2) is 5.04. The highest BCUT2D eigenvalue weighted by Crippen LogP contribution is 2.41. The van der Waals surface area contributed by atoms with E-state index in [1.807, 2.05) is 25.9 Å². The van der Waals surface area contributed by atoms with Crippen LogP contribution in [0.2, 0.25) is 0 Å². The zero-order chi connectivity index (χ0) is 14.2. The number of anilines is 1. The van der Waals surface area contributed by atoms with Gasteiger partial charge in [0.05, 0.1) is 5.56 Å². The quantitative estimate of drug-likeness (QED) is 0.908. The molecule has 2 rings (SSSR count). The minimum Gasteiger partial charge on any atom is -0.374 e. The van der Waals surface area contributed by atoms with Gasteiger partial charge in [0.2, 0.25) is 0 Å². The van der Waals surface area contributed by atoms with Crippen molar-refractivity contribution in [1.82, 2.24) is 5.32 Å². The Bertz CT molecular complexity index is 456. The standard InChI is InChI=1S/C14H19F3N2/c1-9(18-2)6-10-8-19(3)13-5-4-11(7-12(10)13)14(15,16)17/h4-5,7,9-10,18H,6,8H2,1-3H3. The van der Waals surface area contributed by atoms with Gasteiger partial charge in [0.15, 0.2) is 0 Å². The summed E-state index contributed by atoms with van der Waals surface area (Å²) in [5.74, 6) is 0.157. The number of hydrogen-bond donors (Lipinski definition) is 1. The van der Waals surface area contributed by atoms with E-state index in [4.69, 9.17) is 0 Å². The van der Waals surface area contributed by atoms with Crippen LogP contribution in [0.25, 0.3) is 0 Å². The predicted molar refractivity (Wildman–Crippen MR) is 70.6 cm³/mol. The molecule has 2 atom stereocenters. The average Bonchev–Trinajstić information content (AvgIpc) is 2.65. The van der Waals surface area contributed by atoms with Gasteiger partial charge in [-0.15, -0.1) is 0 Å². The second-order valence-electron chi connectivity index (χ2n) is 5.27.